The van der Waals surface area contributed by atoms with Crippen LogP contribution in [0.2, 0.25) is 0 Å². The molecule has 0 spiro atoms. The van der Waals surface area contributed by atoms with Crippen LogP contribution in [0, 0.1) is 6.92 Å². The topological polar surface area (TPSA) is 66.9 Å². The molecule has 1 fully saturated rings. The van der Waals surface area contributed by atoms with Gasteiger partial charge >= 0.3 is 12.1 Å². The van der Waals surface area contributed by atoms with E-state index < -0.39 is 23.5 Å². The Balaban J connectivity index is 1.35. The zero-order valence-electron chi connectivity index (χ0n) is 19.3. The van der Waals surface area contributed by atoms with Crippen molar-refractivity contribution in [3.8, 4) is 16.3 Å². The minimum atomic E-state index is -4.37. The number of hydrogen-bond donors (Lipinski definition) is 0. The summed E-state index contributed by atoms with van der Waals surface area (Å²) in [6.07, 6.45) is -4.37. The van der Waals surface area contributed by atoms with Gasteiger partial charge in [-0.2, -0.15) is 13.2 Å². The highest BCUT2D eigenvalue weighted by molar-refractivity contribution is 7.15. The second-order valence-corrected chi connectivity index (χ2v) is 9.30. The Morgan fingerprint density at radius 1 is 1.11 bits per heavy atom. The lowest BCUT2D eigenvalue weighted by Gasteiger charge is -2.35. The van der Waals surface area contributed by atoms with E-state index in [4.69, 9.17) is 18.9 Å². The van der Waals surface area contributed by atoms with Crippen LogP contribution < -0.4 is 4.74 Å². The number of carbonyl (C=O) groups is 1. The molecular weight excluding hydrogens is 483 g/mol. The lowest BCUT2D eigenvalue weighted by atomic mass is 9.99. The Bertz CT molecular complexity index is 1170. The molecule has 3 aromatic rings. The zero-order valence-corrected chi connectivity index (χ0v) is 20.2. The Morgan fingerprint density at radius 3 is 2.31 bits per heavy atom. The van der Waals surface area contributed by atoms with E-state index in [-0.39, 0.29) is 12.5 Å². The zero-order chi connectivity index (χ0) is 25.2. The molecule has 2 aromatic carbocycles. The second kappa shape index (κ2) is 9.96. The molecule has 0 bridgehead atoms. The van der Waals surface area contributed by atoms with E-state index in [2.05, 4.69) is 4.98 Å². The molecule has 35 heavy (non-hydrogen) atoms. The molecule has 1 aliphatic heterocycles. The van der Waals surface area contributed by atoms with Crippen LogP contribution in [0.3, 0.4) is 0 Å². The monoisotopic (exact) mass is 507 g/mol. The van der Waals surface area contributed by atoms with Gasteiger partial charge in [0.05, 0.1) is 36.5 Å². The Hall–Kier alpha value is -2.95. The molecule has 0 aliphatic carbocycles. The van der Waals surface area contributed by atoms with Gasteiger partial charge in [0.2, 0.25) is 0 Å². The minimum Gasteiger partial charge on any atom is -0.488 e. The molecule has 1 aliphatic rings. The van der Waals surface area contributed by atoms with Gasteiger partial charge in [0.25, 0.3) is 5.79 Å². The third-order valence-corrected chi connectivity index (χ3v) is 6.93. The maximum Gasteiger partial charge on any atom is 0.416 e. The largest absolute Gasteiger partial charge is 0.488 e. The van der Waals surface area contributed by atoms with Gasteiger partial charge < -0.3 is 18.9 Å². The van der Waals surface area contributed by atoms with Gasteiger partial charge in [-0.15, -0.1) is 11.3 Å². The molecule has 0 unspecified atom stereocenters. The molecule has 186 valence electrons. The summed E-state index contributed by atoms with van der Waals surface area (Å²) in [5.74, 6) is -1.33. The molecule has 4 rings (SSSR count). The predicted molar refractivity (Wildman–Crippen MR) is 123 cm³/mol. The van der Waals surface area contributed by atoms with Crippen LogP contribution >= 0.6 is 11.3 Å². The minimum absolute atomic E-state index is 0.0307. The van der Waals surface area contributed by atoms with Crippen LogP contribution in [0.15, 0.2) is 48.5 Å². The van der Waals surface area contributed by atoms with Gasteiger partial charge in [-0.1, -0.05) is 24.3 Å². The van der Waals surface area contributed by atoms with Crippen LogP contribution in [0.1, 0.15) is 34.5 Å². The highest BCUT2D eigenvalue weighted by atomic mass is 32.1. The maximum absolute atomic E-state index is 12.8. The van der Waals surface area contributed by atoms with Crippen molar-refractivity contribution >= 4 is 17.3 Å². The maximum atomic E-state index is 12.8. The van der Waals surface area contributed by atoms with Crippen LogP contribution in [0.4, 0.5) is 13.2 Å². The predicted octanol–water partition coefficient (Wildman–Crippen LogP) is 5.74. The molecule has 0 N–H and O–H groups in total. The van der Waals surface area contributed by atoms with Crippen molar-refractivity contribution in [3.05, 3.63) is 70.2 Å². The van der Waals surface area contributed by atoms with Crippen molar-refractivity contribution in [3.63, 3.8) is 0 Å². The summed E-state index contributed by atoms with van der Waals surface area (Å²) in [7, 11) is 1.29. The first-order valence-corrected chi connectivity index (χ1v) is 11.6. The Morgan fingerprint density at radius 2 is 1.74 bits per heavy atom. The fourth-order valence-corrected chi connectivity index (χ4v) is 4.56. The Kier molecular flexibility index (Phi) is 7.16. The first kappa shape index (κ1) is 25.2. The van der Waals surface area contributed by atoms with Gasteiger partial charge in [0.15, 0.2) is 0 Å². The van der Waals surface area contributed by atoms with Crippen molar-refractivity contribution in [2.75, 3.05) is 20.3 Å². The van der Waals surface area contributed by atoms with Crippen LogP contribution in [0.25, 0.3) is 10.6 Å². The number of aryl methyl sites for hydroxylation is 1. The van der Waals surface area contributed by atoms with E-state index in [0.29, 0.717) is 29.5 Å². The van der Waals surface area contributed by atoms with Crippen molar-refractivity contribution < 1.29 is 36.9 Å². The number of thiazole rings is 1. The molecule has 2 heterocycles. The number of methoxy groups -OCH3 is 1. The highest BCUT2D eigenvalue weighted by Crippen LogP contribution is 2.34. The lowest BCUT2D eigenvalue weighted by Crippen LogP contribution is -2.47. The number of ether oxygens (including phenoxy) is 4. The summed E-state index contributed by atoms with van der Waals surface area (Å²) in [6, 6.07) is 12.5. The van der Waals surface area contributed by atoms with Gasteiger partial charge in [-0.3, -0.25) is 0 Å². The summed E-state index contributed by atoms with van der Waals surface area (Å²) in [5.41, 5.74) is 1.70. The summed E-state index contributed by atoms with van der Waals surface area (Å²) < 4.78 is 60.2. The highest BCUT2D eigenvalue weighted by Gasteiger charge is 2.41. The molecular formula is C25H24F3NO5S. The number of carbonyl (C=O) groups excluding carboxylic acids is 1. The normalized spacial score (nSPS) is 20.5. The van der Waals surface area contributed by atoms with E-state index in [1.165, 1.54) is 37.5 Å². The molecule has 0 atom stereocenters. The van der Waals surface area contributed by atoms with E-state index in [1.807, 2.05) is 31.2 Å². The lowest BCUT2D eigenvalue weighted by molar-refractivity contribution is -0.264. The fraction of sp³-hybridized carbons (Fsp3) is 0.360. The number of esters is 1. The second-order valence-electron chi connectivity index (χ2n) is 8.22. The molecule has 1 aromatic heterocycles. The molecule has 1 saturated heterocycles. The number of hydrogen-bond acceptors (Lipinski definition) is 7. The first-order chi connectivity index (χ1) is 16.6. The van der Waals surface area contributed by atoms with E-state index in [1.54, 1.807) is 0 Å². The summed E-state index contributed by atoms with van der Waals surface area (Å²) >= 11 is 1.39. The number of aromatic nitrogens is 1. The molecule has 0 saturated carbocycles. The standard InChI is InChI=1S/C25H24F3NO5S/c1-15-21(35-22(29-15)17-4-8-19(9-5-17)25(26,27)28)14-32-20-10-6-16(7-11-20)18-12-33-24(2,34-13-18)23(30)31-3/h4-11,18H,12-14H2,1-3H3/t18-,24-. The first-order valence-electron chi connectivity index (χ1n) is 10.8. The van der Waals surface area contributed by atoms with E-state index >= 15 is 0 Å². The number of benzene rings is 2. The smallest absolute Gasteiger partial charge is 0.416 e. The van der Waals surface area contributed by atoms with Gasteiger partial charge in [-0.05, 0) is 36.8 Å². The van der Waals surface area contributed by atoms with Crippen LogP contribution in [-0.4, -0.2) is 37.1 Å². The number of halogens is 3. The molecule has 0 radical (unpaired) electrons. The van der Waals surface area contributed by atoms with Gasteiger partial charge in [0, 0.05) is 18.4 Å². The molecule has 6 nitrogen and oxygen atoms in total. The number of alkyl halides is 3. The van der Waals surface area contributed by atoms with E-state index in [9.17, 15) is 18.0 Å². The van der Waals surface area contributed by atoms with Gasteiger partial charge in [-0.25, -0.2) is 9.78 Å². The van der Waals surface area contributed by atoms with Crippen LogP contribution in [0.5, 0.6) is 5.75 Å². The summed E-state index contributed by atoms with van der Waals surface area (Å²) in [5, 5.41) is 0.640. The average molecular weight is 508 g/mol. The number of nitrogens with zero attached hydrogens (tertiary/aromatic N) is 1. The van der Waals surface area contributed by atoms with Crippen molar-refractivity contribution in [1.29, 1.82) is 0 Å². The third-order valence-electron chi connectivity index (χ3n) is 5.75. The van der Waals surface area contributed by atoms with Crippen molar-refractivity contribution in [1.82, 2.24) is 4.98 Å². The Labute approximate surface area is 204 Å². The quantitative estimate of drug-likeness (QED) is 0.397. The van der Waals surface area contributed by atoms with Crippen molar-refractivity contribution in [2.24, 2.45) is 0 Å². The molecule has 10 heteroatoms. The van der Waals surface area contributed by atoms with Gasteiger partial charge in [0.1, 0.15) is 17.4 Å². The average Bonchev–Trinajstić information content (AvgIpc) is 3.23. The molecule has 0 amide bonds. The van der Waals surface area contributed by atoms with Crippen molar-refractivity contribution in [2.45, 2.75) is 38.3 Å². The number of rotatable bonds is 6. The SMILES string of the molecule is COC(=O)[C@]1(C)OC[C@@H](c2ccc(OCc3sc(-c4ccc(C(F)(F)F)cc4)nc3C)cc2)CO1. The fourth-order valence-electron chi connectivity index (χ4n) is 3.58. The van der Waals surface area contributed by atoms with E-state index in [0.717, 1.165) is 28.3 Å². The summed E-state index contributed by atoms with van der Waals surface area (Å²) in [4.78, 5) is 17.2. The third kappa shape index (κ3) is 5.66. The summed E-state index contributed by atoms with van der Waals surface area (Å²) in [6.45, 7) is 4.31. The van der Waals surface area contributed by atoms with Crippen LogP contribution in [-0.2, 0) is 31.8 Å².